The highest BCUT2D eigenvalue weighted by molar-refractivity contribution is 9.10. The molecule has 0 saturated carbocycles. The van der Waals surface area contributed by atoms with Gasteiger partial charge in [0.1, 0.15) is 0 Å². The Bertz CT molecular complexity index is 671. The summed E-state index contributed by atoms with van der Waals surface area (Å²) < 4.78 is 38.0. The van der Waals surface area contributed by atoms with Gasteiger partial charge in [-0.1, -0.05) is 11.6 Å². The third kappa shape index (κ3) is 3.98. The second-order valence-corrected chi connectivity index (χ2v) is 5.42. The van der Waals surface area contributed by atoms with Crippen molar-refractivity contribution in [2.24, 2.45) is 0 Å². The summed E-state index contributed by atoms with van der Waals surface area (Å²) in [6.07, 6.45) is -4.42. The Kier molecular flexibility index (Phi) is 4.58. The van der Waals surface area contributed by atoms with Crippen LogP contribution in [0.5, 0.6) is 0 Å². The first kappa shape index (κ1) is 15.9. The van der Waals surface area contributed by atoms with Gasteiger partial charge in [-0.25, -0.2) is 0 Å². The number of halogens is 5. The summed E-state index contributed by atoms with van der Waals surface area (Å²) in [6.45, 7) is 0. The Hall–Kier alpha value is -1.53. The monoisotopic (exact) mass is 377 g/mol. The van der Waals surface area contributed by atoms with Crippen LogP contribution in [0.15, 0.2) is 46.9 Å². The van der Waals surface area contributed by atoms with Crippen molar-refractivity contribution in [2.75, 3.05) is 5.32 Å². The summed E-state index contributed by atoms with van der Waals surface area (Å²) in [5, 5.41) is 2.98. The zero-order valence-corrected chi connectivity index (χ0v) is 12.7. The molecule has 0 aliphatic rings. The van der Waals surface area contributed by atoms with Gasteiger partial charge in [0, 0.05) is 15.7 Å². The van der Waals surface area contributed by atoms with Crippen molar-refractivity contribution >= 4 is 39.1 Å². The molecule has 2 nitrogen and oxygen atoms in total. The third-order valence-electron chi connectivity index (χ3n) is 2.65. The van der Waals surface area contributed by atoms with Crippen molar-refractivity contribution in [3.8, 4) is 0 Å². The summed E-state index contributed by atoms with van der Waals surface area (Å²) in [6, 6.07) is 8.79. The summed E-state index contributed by atoms with van der Waals surface area (Å²) in [4.78, 5) is 11.9. The molecule has 0 radical (unpaired) electrons. The average molecular weight is 379 g/mol. The summed E-state index contributed by atoms with van der Waals surface area (Å²) in [5.74, 6) is -0.512. The van der Waals surface area contributed by atoms with E-state index >= 15 is 0 Å². The van der Waals surface area contributed by atoms with E-state index in [4.69, 9.17) is 11.6 Å². The highest BCUT2D eigenvalue weighted by Crippen LogP contribution is 2.29. The fourth-order valence-electron chi connectivity index (χ4n) is 1.59. The molecule has 2 aromatic carbocycles. The van der Waals surface area contributed by atoms with Gasteiger partial charge in [0.05, 0.1) is 10.6 Å². The number of rotatable bonds is 2. The maximum Gasteiger partial charge on any atom is 0.416 e. The number of amides is 1. The molecule has 110 valence electrons. The van der Waals surface area contributed by atoms with Crippen molar-refractivity contribution in [1.29, 1.82) is 0 Å². The number of anilines is 1. The molecule has 1 amide bonds. The minimum Gasteiger partial charge on any atom is -0.322 e. The molecule has 0 bridgehead atoms. The molecule has 0 aliphatic heterocycles. The van der Waals surface area contributed by atoms with E-state index in [0.717, 1.165) is 24.3 Å². The SMILES string of the molecule is O=C(Nc1ccc(Br)c(Cl)c1)c1ccc(C(F)(F)F)cc1. The first-order valence-electron chi connectivity index (χ1n) is 5.71. The maximum absolute atomic E-state index is 12.4. The van der Waals surface area contributed by atoms with Gasteiger partial charge >= 0.3 is 6.18 Å². The number of nitrogens with one attached hydrogen (secondary N) is 1. The molecule has 0 aliphatic carbocycles. The number of hydrogen-bond acceptors (Lipinski definition) is 1. The molecule has 1 N–H and O–H groups in total. The molecule has 0 atom stereocenters. The van der Waals surface area contributed by atoms with Crippen LogP contribution in [0.2, 0.25) is 5.02 Å². The predicted molar refractivity (Wildman–Crippen MR) is 78.5 cm³/mol. The van der Waals surface area contributed by atoms with E-state index in [2.05, 4.69) is 21.2 Å². The topological polar surface area (TPSA) is 29.1 Å². The van der Waals surface area contributed by atoms with Crippen LogP contribution in [0, 0.1) is 0 Å². The van der Waals surface area contributed by atoms with E-state index in [-0.39, 0.29) is 5.56 Å². The van der Waals surface area contributed by atoms with Gasteiger partial charge in [0.2, 0.25) is 0 Å². The van der Waals surface area contributed by atoms with Crippen molar-refractivity contribution in [1.82, 2.24) is 0 Å². The molecule has 0 heterocycles. The molecule has 0 spiro atoms. The highest BCUT2D eigenvalue weighted by Gasteiger charge is 2.30. The minimum absolute atomic E-state index is 0.127. The van der Waals surface area contributed by atoms with E-state index < -0.39 is 17.6 Å². The molecule has 0 fully saturated rings. The van der Waals surface area contributed by atoms with Crippen LogP contribution >= 0.6 is 27.5 Å². The van der Waals surface area contributed by atoms with Gasteiger partial charge in [-0.2, -0.15) is 13.2 Å². The number of benzene rings is 2. The molecule has 2 rings (SSSR count). The highest BCUT2D eigenvalue weighted by atomic mass is 79.9. The van der Waals surface area contributed by atoms with Gasteiger partial charge in [-0.05, 0) is 58.4 Å². The molecule has 7 heteroatoms. The normalized spacial score (nSPS) is 11.3. The Morgan fingerprint density at radius 1 is 1.10 bits per heavy atom. The largest absolute Gasteiger partial charge is 0.416 e. The standard InChI is InChI=1S/C14H8BrClF3NO/c15-11-6-5-10(7-12(11)16)20-13(21)8-1-3-9(4-2-8)14(17,18)19/h1-7H,(H,20,21). The molecular formula is C14H8BrClF3NO. The Labute approximate surface area is 132 Å². The van der Waals surface area contributed by atoms with E-state index in [9.17, 15) is 18.0 Å². The van der Waals surface area contributed by atoms with Crippen LogP contribution in [-0.2, 0) is 6.18 Å². The van der Waals surface area contributed by atoms with Crippen LogP contribution in [0.3, 0.4) is 0 Å². The fraction of sp³-hybridized carbons (Fsp3) is 0.0714. The van der Waals surface area contributed by atoms with Crippen LogP contribution in [0.1, 0.15) is 15.9 Å². The van der Waals surface area contributed by atoms with E-state index in [1.165, 1.54) is 6.07 Å². The van der Waals surface area contributed by atoms with Crippen molar-refractivity contribution < 1.29 is 18.0 Å². The van der Waals surface area contributed by atoms with Crippen LogP contribution in [0.4, 0.5) is 18.9 Å². The maximum atomic E-state index is 12.4. The van der Waals surface area contributed by atoms with Crippen LogP contribution in [0.25, 0.3) is 0 Å². The Morgan fingerprint density at radius 2 is 1.71 bits per heavy atom. The van der Waals surface area contributed by atoms with E-state index in [0.29, 0.717) is 15.2 Å². The third-order valence-corrected chi connectivity index (χ3v) is 3.88. The number of alkyl halides is 3. The number of hydrogen-bond donors (Lipinski definition) is 1. The first-order valence-corrected chi connectivity index (χ1v) is 6.88. The van der Waals surface area contributed by atoms with E-state index in [1.807, 2.05) is 0 Å². The van der Waals surface area contributed by atoms with Gasteiger partial charge in [-0.15, -0.1) is 0 Å². The van der Waals surface area contributed by atoms with Crippen molar-refractivity contribution in [3.63, 3.8) is 0 Å². The lowest BCUT2D eigenvalue weighted by Crippen LogP contribution is -2.12. The molecular weight excluding hydrogens is 371 g/mol. The number of carbonyl (C=O) groups excluding carboxylic acids is 1. The Balaban J connectivity index is 2.15. The second-order valence-electron chi connectivity index (χ2n) is 4.16. The lowest BCUT2D eigenvalue weighted by molar-refractivity contribution is -0.137. The molecule has 2 aromatic rings. The van der Waals surface area contributed by atoms with Crippen molar-refractivity contribution in [3.05, 3.63) is 63.1 Å². The van der Waals surface area contributed by atoms with Crippen LogP contribution < -0.4 is 5.32 Å². The summed E-state index contributed by atoms with van der Waals surface area (Å²) in [7, 11) is 0. The van der Waals surface area contributed by atoms with Crippen LogP contribution in [-0.4, -0.2) is 5.91 Å². The fourth-order valence-corrected chi connectivity index (χ4v) is 2.01. The van der Waals surface area contributed by atoms with Gasteiger partial charge in [-0.3, -0.25) is 4.79 Å². The molecule has 21 heavy (non-hydrogen) atoms. The Morgan fingerprint density at radius 3 is 2.24 bits per heavy atom. The van der Waals surface area contributed by atoms with Gasteiger partial charge in [0.25, 0.3) is 5.91 Å². The smallest absolute Gasteiger partial charge is 0.322 e. The quantitative estimate of drug-likeness (QED) is 0.747. The predicted octanol–water partition coefficient (Wildman–Crippen LogP) is 5.37. The van der Waals surface area contributed by atoms with Gasteiger partial charge < -0.3 is 5.32 Å². The minimum atomic E-state index is -4.42. The van der Waals surface area contributed by atoms with Gasteiger partial charge in [0.15, 0.2) is 0 Å². The number of carbonyl (C=O) groups is 1. The first-order chi connectivity index (χ1) is 9.77. The second kappa shape index (κ2) is 6.07. The van der Waals surface area contributed by atoms with Crippen molar-refractivity contribution in [2.45, 2.75) is 6.18 Å². The summed E-state index contributed by atoms with van der Waals surface area (Å²) >= 11 is 9.11. The molecule has 0 saturated heterocycles. The molecule has 0 aromatic heterocycles. The zero-order valence-electron chi connectivity index (χ0n) is 10.3. The molecule has 0 unspecified atom stereocenters. The average Bonchev–Trinajstić information content (AvgIpc) is 2.42. The summed E-state index contributed by atoms with van der Waals surface area (Å²) in [5.41, 5.74) is -0.221. The lowest BCUT2D eigenvalue weighted by atomic mass is 10.1. The zero-order chi connectivity index (χ0) is 15.6. The lowest BCUT2D eigenvalue weighted by Gasteiger charge is -2.09. The van der Waals surface area contributed by atoms with E-state index in [1.54, 1.807) is 12.1 Å².